The molecule has 0 bridgehead atoms. The molecule has 2 aliphatic heterocycles. The molecule has 7 nitrogen and oxygen atoms in total. The fourth-order valence-corrected chi connectivity index (χ4v) is 5.72. The van der Waals surface area contributed by atoms with Crippen LogP contribution in [-0.4, -0.2) is 65.7 Å². The van der Waals surface area contributed by atoms with Crippen molar-refractivity contribution < 1.29 is 9.53 Å². The van der Waals surface area contributed by atoms with Crippen molar-refractivity contribution in [3.05, 3.63) is 60.0 Å². The number of benzene rings is 1. The lowest BCUT2D eigenvalue weighted by Crippen LogP contribution is -2.56. The third-order valence-electron chi connectivity index (χ3n) is 8.06. The summed E-state index contributed by atoms with van der Waals surface area (Å²) in [6.07, 6.45) is 5.62. The second kappa shape index (κ2) is 8.88. The summed E-state index contributed by atoms with van der Waals surface area (Å²) in [6, 6.07) is 12.3. The minimum absolute atomic E-state index is 0.0281. The molecule has 3 fully saturated rings. The van der Waals surface area contributed by atoms with Crippen molar-refractivity contribution in [2.75, 3.05) is 49.6 Å². The van der Waals surface area contributed by atoms with Crippen molar-refractivity contribution >= 4 is 28.2 Å². The molecule has 1 aliphatic carbocycles. The highest BCUT2D eigenvalue weighted by atomic mass is 16.5. The molecule has 4 heterocycles. The van der Waals surface area contributed by atoms with E-state index >= 15 is 0 Å². The molecule has 2 saturated heterocycles. The van der Waals surface area contributed by atoms with Crippen molar-refractivity contribution in [2.45, 2.75) is 38.1 Å². The Morgan fingerprint density at radius 3 is 2.71 bits per heavy atom. The molecule has 7 heteroatoms. The first-order chi connectivity index (χ1) is 17.0. The van der Waals surface area contributed by atoms with Crippen LogP contribution in [0.2, 0.25) is 0 Å². The third kappa shape index (κ3) is 4.39. The van der Waals surface area contributed by atoms with Crippen LogP contribution >= 0.6 is 0 Å². The number of carbonyl (C=O) groups is 1. The number of hydrogen-bond acceptors (Lipinski definition) is 6. The largest absolute Gasteiger partial charge is 0.379 e. The number of aryl methyl sites for hydroxylation is 1. The maximum absolute atomic E-state index is 12.8. The van der Waals surface area contributed by atoms with E-state index in [4.69, 9.17) is 4.74 Å². The zero-order valence-electron chi connectivity index (χ0n) is 20.5. The number of aromatic nitrogens is 2. The summed E-state index contributed by atoms with van der Waals surface area (Å²) in [5.41, 5.74) is 3.70. The first kappa shape index (κ1) is 22.4. The van der Waals surface area contributed by atoms with Gasteiger partial charge in [0.25, 0.3) is 0 Å². The lowest BCUT2D eigenvalue weighted by Gasteiger charge is -2.44. The van der Waals surface area contributed by atoms with E-state index in [0.29, 0.717) is 5.82 Å². The number of carbonyl (C=O) groups excluding carboxylic acids is 1. The van der Waals surface area contributed by atoms with Gasteiger partial charge in [0.15, 0.2) is 0 Å². The van der Waals surface area contributed by atoms with E-state index in [0.717, 1.165) is 68.7 Å². The Morgan fingerprint density at radius 1 is 1.11 bits per heavy atom. The second-order valence-electron chi connectivity index (χ2n) is 10.5. The molecule has 182 valence electrons. The van der Waals surface area contributed by atoms with E-state index in [1.54, 1.807) is 6.20 Å². The molecule has 0 spiro atoms. The second-order valence-corrected chi connectivity index (χ2v) is 10.5. The molecule has 3 atom stereocenters. The highest BCUT2D eigenvalue weighted by Gasteiger charge is 2.45. The van der Waals surface area contributed by atoms with Crippen molar-refractivity contribution in [2.24, 2.45) is 5.92 Å². The van der Waals surface area contributed by atoms with Gasteiger partial charge >= 0.3 is 0 Å². The smallest absolute Gasteiger partial charge is 0.229 e. The summed E-state index contributed by atoms with van der Waals surface area (Å²) < 4.78 is 5.68. The average molecular weight is 472 g/mol. The molecular weight excluding hydrogens is 438 g/mol. The summed E-state index contributed by atoms with van der Waals surface area (Å²) in [6.45, 7) is 10.3. The summed E-state index contributed by atoms with van der Waals surface area (Å²) in [5.74, 6) is 0.824. The first-order valence-corrected chi connectivity index (χ1v) is 12.7. The third-order valence-corrected chi connectivity index (χ3v) is 8.06. The number of ether oxygens (including phenoxy) is 1. The SMILES string of the molecule is Cc1cc2cnc(NC(=O)[C@H]3C[C@H]3c3ccccn3)cc2cc1N1CCN(C2(C)CCOC2)CC1. The molecule has 3 aliphatic rings. The first-order valence-electron chi connectivity index (χ1n) is 12.7. The standard InChI is InChI=1S/C28H33N5O2/c1-19-13-21-17-30-26(31-27(34)23-16-22(23)24-5-3-4-7-29-24)15-20(21)14-25(19)32-8-10-33(11-9-32)28(2)6-12-35-18-28/h3-5,7,13-15,17,22-23H,6,8-12,16,18H2,1-2H3,(H,30,31,34)/t22-,23+,28?/m1/s1. The number of piperazine rings is 1. The molecule has 3 aromatic rings. The van der Waals surface area contributed by atoms with Gasteiger partial charge in [0.1, 0.15) is 5.82 Å². The number of fused-ring (bicyclic) bond motifs is 1. The highest BCUT2D eigenvalue weighted by Crippen LogP contribution is 2.47. The molecule has 2 aromatic heterocycles. The predicted octanol–water partition coefficient (Wildman–Crippen LogP) is 3.98. The van der Waals surface area contributed by atoms with Crippen LogP contribution in [0.25, 0.3) is 10.8 Å². The zero-order valence-corrected chi connectivity index (χ0v) is 20.5. The van der Waals surface area contributed by atoms with Crippen LogP contribution in [0.3, 0.4) is 0 Å². The van der Waals surface area contributed by atoms with Crippen LogP contribution in [0.1, 0.15) is 36.9 Å². The topological polar surface area (TPSA) is 70.6 Å². The van der Waals surface area contributed by atoms with Crippen molar-refractivity contribution in [1.29, 1.82) is 0 Å². The number of hydrogen-bond donors (Lipinski definition) is 1. The van der Waals surface area contributed by atoms with Gasteiger partial charge in [-0.05, 0) is 68.0 Å². The molecular formula is C28H33N5O2. The molecule has 1 N–H and O–H groups in total. The molecule has 1 saturated carbocycles. The maximum Gasteiger partial charge on any atom is 0.229 e. The van der Waals surface area contributed by atoms with E-state index in [9.17, 15) is 4.79 Å². The Balaban J connectivity index is 1.15. The van der Waals surface area contributed by atoms with Gasteiger partial charge in [-0.2, -0.15) is 0 Å². The number of pyridine rings is 2. The molecule has 0 radical (unpaired) electrons. The van der Waals surface area contributed by atoms with Gasteiger partial charge < -0.3 is 15.0 Å². The number of nitrogens with one attached hydrogen (secondary N) is 1. The molecule has 1 unspecified atom stereocenters. The monoisotopic (exact) mass is 471 g/mol. The van der Waals surface area contributed by atoms with Gasteiger partial charge in [0.2, 0.25) is 5.91 Å². The van der Waals surface area contributed by atoms with Crippen LogP contribution in [-0.2, 0) is 9.53 Å². The van der Waals surface area contributed by atoms with Gasteiger partial charge in [0.05, 0.1) is 6.61 Å². The Hall–Kier alpha value is -3.03. The summed E-state index contributed by atoms with van der Waals surface area (Å²) >= 11 is 0. The van der Waals surface area contributed by atoms with Crippen molar-refractivity contribution in [1.82, 2.24) is 14.9 Å². The van der Waals surface area contributed by atoms with Crippen LogP contribution in [0, 0.1) is 12.8 Å². The van der Waals surface area contributed by atoms with Gasteiger partial charge in [-0.25, -0.2) is 4.98 Å². The maximum atomic E-state index is 12.8. The normalized spacial score (nSPS) is 26.7. The van der Waals surface area contributed by atoms with E-state index in [1.807, 2.05) is 30.5 Å². The average Bonchev–Trinajstić information content (AvgIpc) is 3.57. The van der Waals surface area contributed by atoms with Gasteiger partial charge in [-0.1, -0.05) is 6.07 Å². The highest BCUT2D eigenvalue weighted by molar-refractivity contribution is 5.97. The summed E-state index contributed by atoms with van der Waals surface area (Å²) in [7, 11) is 0. The Bertz CT molecular complexity index is 1230. The number of anilines is 2. The van der Waals surface area contributed by atoms with E-state index in [2.05, 4.69) is 51.1 Å². The van der Waals surface area contributed by atoms with Crippen LogP contribution in [0.15, 0.2) is 48.8 Å². The Labute approximate surface area is 206 Å². The number of nitrogens with zero attached hydrogens (tertiary/aromatic N) is 4. The predicted molar refractivity (Wildman–Crippen MR) is 138 cm³/mol. The summed E-state index contributed by atoms with van der Waals surface area (Å²) in [4.78, 5) is 26.8. The quantitative estimate of drug-likeness (QED) is 0.607. The minimum Gasteiger partial charge on any atom is -0.379 e. The van der Waals surface area contributed by atoms with E-state index in [1.165, 1.54) is 11.3 Å². The molecule has 35 heavy (non-hydrogen) atoms. The number of rotatable bonds is 5. The Morgan fingerprint density at radius 2 is 1.97 bits per heavy atom. The lowest BCUT2D eigenvalue weighted by atomic mass is 9.97. The number of amides is 1. The van der Waals surface area contributed by atoms with Gasteiger partial charge in [0, 0.05) is 79.3 Å². The van der Waals surface area contributed by atoms with Crippen molar-refractivity contribution in [3.8, 4) is 0 Å². The molecule has 1 aromatic carbocycles. The van der Waals surface area contributed by atoms with Gasteiger partial charge in [-0.3, -0.25) is 14.7 Å². The summed E-state index contributed by atoms with van der Waals surface area (Å²) in [5, 5.41) is 5.24. The lowest BCUT2D eigenvalue weighted by molar-refractivity contribution is -0.117. The van der Waals surface area contributed by atoms with E-state index < -0.39 is 0 Å². The fourth-order valence-electron chi connectivity index (χ4n) is 5.72. The van der Waals surface area contributed by atoms with Gasteiger partial charge in [-0.15, -0.1) is 0 Å². The van der Waals surface area contributed by atoms with Crippen LogP contribution < -0.4 is 10.2 Å². The fraction of sp³-hybridized carbons (Fsp3) is 0.464. The van der Waals surface area contributed by atoms with E-state index in [-0.39, 0.29) is 23.3 Å². The van der Waals surface area contributed by atoms with Crippen LogP contribution in [0.4, 0.5) is 11.5 Å². The Kier molecular flexibility index (Phi) is 5.69. The molecule has 6 rings (SSSR count). The zero-order chi connectivity index (χ0) is 24.0. The molecule has 1 amide bonds. The van der Waals surface area contributed by atoms with Crippen molar-refractivity contribution in [3.63, 3.8) is 0 Å². The van der Waals surface area contributed by atoms with Crippen LogP contribution in [0.5, 0.6) is 0 Å². The minimum atomic E-state index is -0.0283.